The van der Waals surface area contributed by atoms with E-state index in [-0.39, 0.29) is 0 Å². The summed E-state index contributed by atoms with van der Waals surface area (Å²) in [6.45, 7) is 7.00. The fourth-order valence-corrected chi connectivity index (χ4v) is 3.72. The normalized spacial score (nSPS) is 12.8. The largest absolute Gasteiger partial charge is 0.0654 e. The molecule has 1 heteroatoms. The van der Waals surface area contributed by atoms with Crippen molar-refractivity contribution < 1.29 is 0 Å². The minimum absolute atomic E-state index is 0.964. The number of hydrogen-bond donors (Lipinski definition) is 0. The monoisotopic (exact) mass is 268 g/mol. The summed E-state index contributed by atoms with van der Waals surface area (Å²) in [6.07, 6.45) is 16.0. The minimum Gasteiger partial charge on any atom is -0.0654 e. The molecule has 18 heavy (non-hydrogen) atoms. The lowest BCUT2D eigenvalue weighted by Gasteiger charge is -2.06. The summed E-state index contributed by atoms with van der Waals surface area (Å²) in [7, 11) is 1.23. The Morgan fingerprint density at radius 1 is 0.722 bits per heavy atom. The highest BCUT2D eigenvalue weighted by Crippen LogP contribution is 2.13. The summed E-state index contributed by atoms with van der Waals surface area (Å²) in [5.74, 6) is 0.964. The van der Waals surface area contributed by atoms with Crippen LogP contribution in [0.4, 0.5) is 0 Å². The highest BCUT2D eigenvalue weighted by molar-refractivity contribution is 6.35. The average molecular weight is 269 g/mol. The molecule has 0 fully saturated rings. The highest BCUT2D eigenvalue weighted by Gasteiger charge is 1.99. The molecule has 108 valence electrons. The zero-order valence-corrected chi connectivity index (χ0v) is 14.3. The van der Waals surface area contributed by atoms with Gasteiger partial charge in [-0.2, -0.15) is 0 Å². The quantitative estimate of drug-likeness (QED) is 0.249. The van der Waals surface area contributed by atoms with Gasteiger partial charge in [-0.1, -0.05) is 103 Å². The van der Waals surface area contributed by atoms with E-state index < -0.39 is 0 Å². The molecule has 0 saturated heterocycles. The summed E-state index contributed by atoms with van der Waals surface area (Å²) in [5.41, 5.74) is 0. The molecule has 0 amide bonds. The molecule has 0 aromatic carbocycles. The molecule has 0 rings (SSSR count). The Balaban J connectivity index is 2.94. The Kier molecular flexibility index (Phi) is 15.5. The van der Waals surface area contributed by atoms with Crippen molar-refractivity contribution in [2.45, 2.75) is 103 Å². The van der Waals surface area contributed by atoms with Gasteiger partial charge >= 0.3 is 0 Å². The van der Waals surface area contributed by atoms with E-state index >= 15 is 0 Å². The Morgan fingerprint density at radius 3 is 1.72 bits per heavy atom. The van der Waals surface area contributed by atoms with Crippen LogP contribution in [0.25, 0.3) is 0 Å². The Bertz CT molecular complexity index is 145. The van der Waals surface area contributed by atoms with Gasteiger partial charge in [-0.25, -0.2) is 0 Å². The molecule has 0 unspecified atom stereocenters. The van der Waals surface area contributed by atoms with Gasteiger partial charge in [-0.3, -0.25) is 0 Å². The number of unbranched alkanes of at least 4 members (excludes halogenated alkanes) is 9. The lowest BCUT2D eigenvalue weighted by Crippen LogP contribution is -1.98. The molecule has 0 aliphatic rings. The van der Waals surface area contributed by atoms with Crippen molar-refractivity contribution in [2.75, 3.05) is 0 Å². The van der Waals surface area contributed by atoms with E-state index in [0.717, 1.165) is 5.92 Å². The van der Waals surface area contributed by atoms with E-state index in [2.05, 4.69) is 20.8 Å². The van der Waals surface area contributed by atoms with Crippen LogP contribution in [0.1, 0.15) is 91.4 Å². The molecule has 1 atom stereocenters. The highest BCUT2D eigenvalue weighted by atomic mass is 28.2. The summed E-state index contributed by atoms with van der Waals surface area (Å²) in [4.78, 5) is 0. The van der Waals surface area contributed by atoms with Gasteiger partial charge in [-0.15, -0.1) is 0 Å². The van der Waals surface area contributed by atoms with Crippen LogP contribution in [0.5, 0.6) is 0 Å². The fraction of sp³-hybridized carbons (Fsp3) is 1.00. The molecule has 0 N–H and O–H groups in total. The fourth-order valence-electron chi connectivity index (χ4n) is 2.23. The van der Waals surface area contributed by atoms with E-state index in [9.17, 15) is 0 Å². The van der Waals surface area contributed by atoms with Gasteiger partial charge < -0.3 is 0 Å². The number of hydrogen-bond acceptors (Lipinski definition) is 0. The predicted molar refractivity (Wildman–Crippen MR) is 86.7 cm³/mol. The van der Waals surface area contributed by atoms with Crippen LogP contribution in [-0.4, -0.2) is 9.52 Å². The van der Waals surface area contributed by atoms with E-state index in [0.29, 0.717) is 0 Å². The van der Waals surface area contributed by atoms with Gasteiger partial charge in [0.15, 0.2) is 0 Å². The molecule has 0 spiro atoms. The van der Waals surface area contributed by atoms with Crippen LogP contribution >= 0.6 is 0 Å². The third-order valence-electron chi connectivity index (χ3n) is 3.90. The first kappa shape index (κ1) is 18.2. The molecule has 0 heterocycles. The van der Waals surface area contributed by atoms with Gasteiger partial charge in [0.25, 0.3) is 0 Å². The maximum Gasteiger partial charge on any atom is 0.0380 e. The third-order valence-corrected chi connectivity index (χ3v) is 5.59. The molecular formula is C17H36Si. The zero-order valence-electron chi connectivity index (χ0n) is 13.3. The lowest BCUT2D eigenvalue weighted by atomic mass is 10.1. The molecule has 0 saturated carbocycles. The van der Waals surface area contributed by atoms with Crippen molar-refractivity contribution in [1.82, 2.24) is 0 Å². The van der Waals surface area contributed by atoms with E-state index in [1.807, 2.05) is 0 Å². The topological polar surface area (TPSA) is 0 Å². The molecule has 0 aromatic heterocycles. The van der Waals surface area contributed by atoms with Crippen LogP contribution in [0.3, 0.4) is 0 Å². The predicted octanol–water partition coefficient (Wildman–Crippen LogP) is 6.49. The van der Waals surface area contributed by atoms with Gasteiger partial charge in [0.2, 0.25) is 0 Å². The van der Waals surface area contributed by atoms with Crippen molar-refractivity contribution in [3.05, 3.63) is 0 Å². The Morgan fingerprint density at radius 2 is 1.22 bits per heavy atom. The SMILES string of the molecule is CCCCCCCCCCCC[Si]C[C@@H](C)CC. The molecule has 2 radical (unpaired) electrons. The first-order valence-electron chi connectivity index (χ1n) is 8.52. The summed E-state index contributed by atoms with van der Waals surface area (Å²) < 4.78 is 0. The van der Waals surface area contributed by atoms with Gasteiger partial charge in [0.1, 0.15) is 0 Å². The van der Waals surface area contributed by atoms with E-state index in [4.69, 9.17) is 0 Å². The standard InChI is InChI=1S/C17H36Si/c1-4-6-7-8-9-10-11-12-13-14-15-18-16-17(3)5-2/h17H,4-16H2,1-3H3/t17-/m0/s1. The second kappa shape index (κ2) is 15.3. The van der Waals surface area contributed by atoms with Crippen LogP contribution < -0.4 is 0 Å². The molecular weight excluding hydrogens is 232 g/mol. The van der Waals surface area contributed by atoms with Crippen LogP contribution in [-0.2, 0) is 0 Å². The van der Waals surface area contributed by atoms with Crippen molar-refractivity contribution in [3.8, 4) is 0 Å². The lowest BCUT2D eigenvalue weighted by molar-refractivity contribution is 0.561. The zero-order chi connectivity index (χ0) is 13.5. The molecule has 0 aliphatic heterocycles. The van der Waals surface area contributed by atoms with Gasteiger partial charge in [-0.05, 0) is 5.92 Å². The smallest absolute Gasteiger partial charge is 0.0380 e. The van der Waals surface area contributed by atoms with Crippen molar-refractivity contribution in [3.63, 3.8) is 0 Å². The van der Waals surface area contributed by atoms with E-state index in [1.54, 1.807) is 0 Å². The third kappa shape index (κ3) is 14.3. The molecule has 0 bridgehead atoms. The average Bonchev–Trinajstić information content (AvgIpc) is 2.39. The minimum atomic E-state index is 0.964. The van der Waals surface area contributed by atoms with Crippen molar-refractivity contribution in [1.29, 1.82) is 0 Å². The van der Waals surface area contributed by atoms with Crippen LogP contribution in [0.15, 0.2) is 0 Å². The second-order valence-corrected chi connectivity index (χ2v) is 7.31. The molecule has 0 aromatic rings. The number of rotatable bonds is 14. The van der Waals surface area contributed by atoms with E-state index in [1.165, 1.54) is 92.2 Å². The maximum atomic E-state index is 2.39. The van der Waals surface area contributed by atoms with Gasteiger partial charge in [0.05, 0.1) is 0 Å². The first-order valence-corrected chi connectivity index (χ1v) is 9.93. The second-order valence-electron chi connectivity index (χ2n) is 5.90. The maximum absolute atomic E-state index is 2.39. The summed E-state index contributed by atoms with van der Waals surface area (Å²) >= 11 is 0. The van der Waals surface area contributed by atoms with Crippen LogP contribution in [0.2, 0.25) is 12.1 Å². The van der Waals surface area contributed by atoms with Gasteiger partial charge in [0, 0.05) is 9.52 Å². The summed E-state index contributed by atoms with van der Waals surface area (Å²) in [5, 5.41) is 0. The molecule has 0 nitrogen and oxygen atoms in total. The first-order chi connectivity index (χ1) is 8.81. The van der Waals surface area contributed by atoms with Crippen LogP contribution in [0, 0.1) is 5.92 Å². The Labute approximate surface area is 119 Å². The summed E-state index contributed by atoms with van der Waals surface area (Å²) in [6, 6.07) is 2.98. The van der Waals surface area contributed by atoms with Crippen molar-refractivity contribution in [2.24, 2.45) is 5.92 Å². The molecule has 0 aliphatic carbocycles. The Hall–Kier alpha value is 0.217. The van der Waals surface area contributed by atoms with Crippen molar-refractivity contribution >= 4 is 9.52 Å².